The van der Waals surface area contributed by atoms with E-state index in [1.54, 1.807) is 39.0 Å². The van der Waals surface area contributed by atoms with Gasteiger partial charge < -0.3 is 23.5 Å². The van der Waals surface area contributed by atoms with Crippen molar-refractivity contribution in [3.8, 4) is 11.5 Å². The Kier molecular flexibility index (Phi) is 5.63. The number of aryl methyl sites for hydroxylation is 2. The molecule has 0 unspecified atom stereocenters. The van der Waals surface area contributed by atoms with Crippen molar-refractivity contribution in [2.75, 3.05) is 27.9 Å². The van der Waals surface area contributed by atoms with E-state index < -0.39 is 6.04 Å². The Bertz CT molecular complexity index is 901. The minimum absolute atomic E-state index is 0.0562. The van der Waals surface area contributed by atoms with Gasteiger partial charge in [-0.05, 0) is 49.6 Å². The maximum Gasteiger partial charge on any atom is 0.307 e. The molecule has 3 rings (SSSR count). The third kappa shape index (κ3) is 3.56. The van der Waals surface area contributed by atoms with Gasteiger partial charge in [0.05, 0.1) is 39.4 Å². The molecular weight excluding hydrogens is 362 g/mol. The monoisotopic (exact) mass is 387 g/mol. The minimum atomic E-state index is -0.460. The Hall–Kier alpha value is -2.96. The molecule has 1 amide bonds. The summed E-state index contributed by atoms with van der Waals surface area (Å²) < 4.78 is 21.2. The molecule has 1 aromatic heterocycles. The second kappa shape index (κ2) is 7.96. The van der Waals surface area contributed by atoms with Crippen LogP contribution in [0, 0.1) is 13.8 Å². The summed E-state index contributed by atoms with van der Waals surface area (Å²) in [5.41, 5.74) is 2.40. The third-order valence-corrected chi connectivity index (χ3v) is 5.12. The highest BCUT2D eigenvalue weighted by molar-refractivity contribution is 5.96. The van der Waals surface area contributed by atoms with Gasteiger partial charge in [0.25, 0.3) is 5.91 Å². The number of furan rings is 1. The molecule has 28 heavy (non-hydrogen) atoms. The fraction of sp³-hybridized carbons (Fsp3) is 0.429. The van der Waals surface area contributed by atoms with Gasteiger partial charge in [-0.15, -0.1) is 0 Å². The number of esters is 1. The SMILES string of the molecule is COC(=O)C[C@@H]1c2cc(OC)c(OC)cc2CCN1C(=O)c1cc(C)oc1C. The number of amides is 1. The van der Waals surface area contributed by atoms with Crippen LogP contribution in [0.15, 0.2) is 22.6 Å². The van der Waals surface area contributed by atoms with E-state index in [0.717, 1.165) is 11.1 Å². The number of carbonyl (C=O) groups excluding carboxylic acids is 2. The van der Waals surface area contributed by atoms with Crippen LogP contribution < -0.4 is 9.47 Å². The molecule has 0 spiro atoms. The van der Waals surface area contributed by atoms with Crippen LogP contribution in [0.25, 0.3) is 0 Å². The molecule has 0 fully saturated rings. The molecular formula is C21H25NO6. The van der Waals surface area contributed by atoms with Crippen LogP contribution in [0.1, 0.15) is 45.5 Å². The van der Waals surface area contributed by atoms with Crippen molar-refractivity contribution in [3.05, 3.63) is 46.4 Å². The second-order valence-electron chi connectivity index (χ2n) is 6.78. The first-order valence-corrected chi connectivity index (χ1v) is 9.09. The lowest BCUT2D eigenvalue weighted by atomic mass is 9.89. The number of methoxy groups -OCH3 is 3. The first-order valence-electron chi connectivity index (χ1n) is 9.09. The number of ether oxygens (including phenoxy) is 3. The predicted molar refractivity (Wildman–Crippen MR) is 102 cm³/mol. The van der Waals surface area contributed by atoms with Crippen LogP contribution >= 0.6 is 0 Å². The molecule has 7 nitrogen and oxygen atoms in total. The van der Waals surface area contributed by atoms with Crippen molar-refractivity contribution in [1.82, 2.24) is 4.90 Å². The molecule has 1 atom stereocenters. The Morgan fingerprint density at radius 3 is 2.36 bits per heavy atom. The molecule has 0 saturated carbocycles. The van der Waals surface area contributed by atoms with Gasteiger partial charge in [-0.3, -0.25) is 9.59 Å². The van der Waals surface area contributed by atoms with Crippen LogP contribution in [0.3, 0.4) is 0 Å². The molecule has 7 heteroatoms. The fourth-order valence-electron chi connectivity index (χ4n) is 3.73. The van der Waals surface area contributed by atoms with Gasteiger partial charge in [-0.25, -0.2) is 0 Å². The summed E-state index contributed by atoms with van der Waals surface area (Å²) in [6, 6.07) is 5.03. The van der Waals surface area contributed by atoms with Gasteiger partial charge in [-0.1, -0.05) is 0 Å². The third-order valence-electron chi connectivity index (χ3n) is 5.12. The van der Waals surface area contributed by atoms with E-state index in [0.29, 0.717) is 41.5 Å². The highest BCUT2D eigenvalue weighted by atomic mass is 16.5. The standard InChI is InChI=1S/C21H25NO6/c1-12-8-15(13(2)28-12)21(24)22-7-6-14-9-18(25-3)19(26-4)10-16(14)17(22)11-20(23)27-5/h8-10,17H,6-7,11H2,1-5H3/t17-/m1/s1. The second-order valence-corrected chi connectivity index (χ2v) is 6.78. The topological polar surface area (TPSA) is 78.2 Å². The summed E-state index contributed by atoms with van der Waals surface area (Å²) in [5, 5.41) is 0. The van der Waals surface area contributed by atoms with E-state index in [9.17, 15) is 9.59 Å². The molecule has 150 valence electrons. The zero-order valence-electron chi connectivity index (χ0n) is 16.8. The lowest BCUT2D eigenvalue weighted by Crippen LogP contribution is -2.41. The highest BCUT2D eigenvalue weighted by Gasteiger charge is 2.35. The van der Waals surface area contributed by atoms with Crippen LogP contribution in [-0.2, 0) is 16.0 Å². The maximum atomic E-state index is 13.3. The van der Waals surface area contributed by atoms with Gasteiger partial charge in [0.2, 0.25) is 0 Å². The summed E-state index contributed by atoms with van der Waals surface area (Å²) in [7, 11) is 4.48. The number of rotatable bonds is 5. The van der Waals surface area contributed by atoms with Crippen LogP contribution in [0.5, 0.6) is 11.5 Å². The summed E-state index contributed by atoms with van der Waals surface area (Å²) >= 11 is 0. The Balaban J connectivity index is 2.05. The zero-order chi connectivity index (χ0) is 20.4. The van der Waals surface area contributed by atoms with E-state index in [-0.39, 0.29) is 18.3 Å². The zero-order valence-corrected chi connectivity index (χ0v) is 16.8. The number of hydrogen-bond donors (Lipinski definition) is 0. The molecule has 1 aliphatic heterocycles. The van der Waals surface area contributed by atoms with Crippen molar-refractivity contribution >= 4 is 11.9 Å². The minimum Gasteiger partial charge on any atom is -0.493 e. The fourth-order valence-corrected chi connectivity index (χ4v) is 3.73. The van der Waals surface area contributed by atoms with E-state index >= 15 is 0 Å². The molecule has 0 saturated heterocycles. The molecule has 2 aromatic rings. The summed E-state index contributed by atoms with van der Waals surface area (Å²) in [4.78, 5) is 27.1. The normalized spacial score (nSPS) is 15.8. The molecule has 1 aromatic carbocycles. The van der Waals surface area contributed by atoms with Gasteiger partial charge in [-0.2, -0.15) is 0 Å². The highest BCUT2D eigenvalue weighted by Crippen LogP contribution is 2.40. The summed E-state index contributed by atoms with van der Waals surface area (Å²) in [6.07, 6.45) is 0.704. The maximum absolute atomic E-state index is 13.3. The lowest BCUT2D eigenvalue weighted by molar-refractivity contribution is -0.141. The van der Waals surface area contributed by atoms with Gasteiger partial charge in [0.1, 0.15) is 11.5 Å². The van der Waals surface area contributed by atoms with Crippen molar-refractivity contribution < 1.29 is 28.2 Å². The predicted octanol–water partition coefficient (Wildman–Crippen LogP) is 3.22. The number of hydrogen-bond acceptors (Lipinski definition) is 6. The van der Waals surface area contributed by atoms with Crippen molar-refractivity contribution in [1.29, 1.82) is 0 Å². The average Bonchev–Trinajstić information content (AvgIpc) is 3.04. The molecule has 1 aliphatic rings. The van der Waals surface area contributed by atoms with Gasteiger partial charge in [0.15, 0.2) is 11.5 Å². The molecule has 0 aliphatic carbocycles. The van der Waals surface area contributed by atoms with Crippen LogP contribution in [0.2, 0.25) is 0 Å². The average molecular weight is 387 g/mol. The molecule has 0 radical (unpaired) electrons. The van der Waals surface area contributed by atoms with E-state index in [2.05, 4.69) is 0 Å². The summed E-state index contributed by atoms with van der Waals surface area (Å²) in [6.45, 7) is 4.05. The number of nitrogens with zero attached hydrogens (tertiary/aromatic N) is 1. The lowest BCUT2D eigenvalue weighted by Gasteiger charge is -2.37. The van der Waals surface area contributed by atoms with Crippen molar-refractivity contribution in [2.24, 2.45) is 0 Å². The van der Waals surface area contributed by atoms with Crippen molar-refractivity contribution in [2.45, 2.75) is 32.7 Å². The number of carbonyl (C=O) groups is 2. The number of fused-ring (bicyclic) bond motifs is 1. The van der Waals surface area contributed by atoms with E-state index in [4.69, 9.17) is 18.6 Å². The summed E-state index contributed by atoms with van der Waals surface area (Å²) in [5.74, 6) is 1.88. The van der Waals surface area contributed by atoms with Crippen LogP contribution in [0.4, 0.5) is 0 Å². The molecule has 2 heterocycles. The quantitative estimate of drug-likeness (QED) is 0.733. The van der Waals surface area contributed by atoms with Gasteiger partial charge in [0, 0.05) is 6.54 Å². The van der Waals surface area contributed by atoms with E-state index in [1.165, 1.54) is 7.11 Å². The van der Waals surface area contributed by atoms with Crippen LogP contribution in [-0.4, -0.2) is 44.7 Å². The molecule has 0 N–H and O–H groups in total. The number of benzene rings is 1. The Labute approximate surface area is 164 Å². The van der Waals surface area contributed by atoms with Crippen molar-refractivity contribution in [3.63, 3.8) is 0 Å². The first kappa shape index (κ1) is 19.8. The first-order chi connectivity index (χ1) is 13.4. The van der Waals surface area contributed by atoms with E-state index in [1.807, 2.05) is 12.1 Å². The largest absolute Gasteiger partial charge is 0.493 e. The smallest absolute Gasteiger partial charge is 0.307 e. The van der Waals surface area contributed by atoms with Gasteiger partial charge >= 0.3 is 5.97 Å². The Morgan fingerprint density at radius 1 is 1.11 bits per heavy atom. The molecule has 0 bridgehead atoms. The Morgan fingerprint density at radius 2 is 1.79 bits per heavy atom.